The zero-order valence-electron chi connectivity index (χ0n) is 18.0. The highest BCUT2D eigenvalue weighted by Gasteiger charge is 2.26. The summed E-state index contributed by atoms with van der Waals surface area (Å²) in [6.07, 6.45) is 1.83. The number of H-pyrrole nitrogens is 1. The maximum Gasteiger partial charge on any atom is 0.254 e. The van der Waals surface area contributed by atoms with Crippen molar-refractivity contribution in [1.29, 1.82) is 5.26 Å². The molecule has 2 heterocycles. The van der Waals surface area contributed by atoms with Gasteiger partial charge in [-0.25, -0.2) is 0 Å². The first-order valence-electron chi connectivity index (χ1n) is 10.5. The number of benzene rings is 2. The molecule has 4 rings (SSSR count). The first-order valence-corrected chi connectivity index (χ1v) is 10.9. The van der Waals surface area contributed by atoms with E-state index >= 15 is 0 Å². The van der Waals surface area contributed by atoms with Gasteiger partial charge in [0.25, 0.3) is 5.91 Å². The van der Waals surface area contributed by atoms with Crippen LogP contribution in [0, 0.1) is 32.1 Å². The Morgan fingerprint density at radius 1 is 1.13 bits per heavy atom. The molecule has 1 fully saturated rings. The van der Waals surface area contributed by atoms with Crippen molar-refractivity contribution in [3.05, 3.63) is 74.9 Å². The highest BCUT2D eigenvalue weighted by molar-refractivity contribution is 6.33. The molecule has 1 saturated heterocycles. The predicted octanol–water partition coefficient (Wildman–Crippen LogP) is 5.55. The number of rotatable bonds is 3. The molecule has 0 aliphatic carbocycles. The molecule has 6 heteroatoms. The lowest BCUT2D eigenvalue weighted by Gasteiger charge is -2.33. The summed E-state index contributed by atoms with van der Waals surface area (Å²) in [5.74, 6) is 0.470. The van der Waals surface area contributed by atoms with Gasteiger partial charge in [0.05, 0.1) is 22.3 Å². The minimum absolute atomic E-state index is 0.0559. The Hall–Kier alpha value is -3.10. The van der Waals surface area contributed by atoms with Crippen molar-refractivity contribution in [2.75, 3.05) is 13.1 Å². The lowest BCUT2D eigenvalue weighted by atomic mass is 9.88. The maximum atomic E-state index is 13.4. The summed E-state index contributed by atoms with van der Waals surface area (Å²) >= 11 is 6.42. The van der Waals surface area contributed by atoms with Crippen LogP contribution in [0.25, 0.3) is 11.3 Å². The predicted molar refractivity (Wildman–Crippen MR) is 122 cm³/mol. The monoisotopic (exact) mass is 432 g/mol. The number of aromatic amines is 1. The Morgan fingerprint density at radius 2 is 1.81 bits per heavy atom. The number of carbonyl (C=O) groups is 1. The Kier molecular flexibility index (Phi) is 5.84. The molecular formula is C25H25ClN4O. The molecule has 0 spiro atoms. The van der Waals surface area contributed by atoms with E-state index in [0.29, 0.717) is 40.9 Å². The van der Waals surface area contributed by atoms with Gasteiger partial charge in [-0.15, -0.1) is 0 Å². The fourth-order valence-electron chi connectivity index (χ4n) is 4.35. The van der Waals surface area contributed by atoms with E-state index in [1.54, 1.807) is 0 Å². The Morgan fingerprint density at radius 3 is 2.39 bits per heavy atom. The van der Waals surface area contributed by atoms with E-state index in [1.807, 2.05) is 62.1 Å². The van der Waals surface area contributed by atoms with Gasteiger partial charge < -0.3 is 4.90 Å². The molecule has 1 amide bonds. The van der Waals surface area contributed by atoms with Crippen molar-refractivity contribution in [2.45, 2.75) is 39.5 Å². The molecule has 1 aromatic heterocycles. The second-order valence-electron chi connectivity index (χ2n) is 8.29. The quantitative estimate of drug-likeness (QED) is 0.589. The zero-order chi connectivity index (χ0) is 22.1. The number of carbonyl (C=O) groups excluding carboxylic acids is 1. The van der Waals surface area contributed by atoms with Crippen molar-refractivity contribution in [3.63, 3.8) is 0 Å². The number of likely N-dealkylation sites (tertiary alicyclic amines) is 1. The van der Waals surface area contributed by atoms with Crippen molar-refractivity contribution >= 4 is 17.5 Å². The van der Waals surface area contributed by atoms with Crippen LogP contribution in [0.1, 0.15) is 57.1 Å². The first kappa shape index (κ1) is 21.1. The summed E-state index contributed by atoms with van der Waals surface area (Å²) in [5.41, 5.74) is 7.01. The topological polar surface area (TPSA) is 72.8 Å². The molecule has 1 aliphatic heterocycles. The summed E-state index contributed by atoms with van der Waals surface area (Å²) in [6, 6.07) is 13.9. The Labute approximate surface area is 187 Å². The van der Waals surface area contributed by atoms with Crippen LogP contribution in [0.15, 0.2) is 36.4 Å². The lowest BCUT2D eigenvalue weighted by Crippen LogP contribution is -2.38. The number of nitriles is 1. The molecule has 1 aliphatic rings. The molecule has 0 unspecified atom stereocenters. The fourth-order valence-corrected chi connectivity index (χ4v) is 4.53. The SMILES string of the molecule is Cc1cc(C)c(-c2n[nH]c(C)c2Cl)cc1C(=O)N1CCC(c2ccc(C#N)cc2)CC1. The summed E-state index contributed by atoms with van der Waals surface area (Å²) in [5, 5.41) is 16.8. The average Bonchev–Trinajstić information content (AvgIpc) is 3.12. The Bertz CT molecular complexity index is 1170. The van der Waals surface area contributed by atoms with Crippen LogP contribution in [-0.2, 0) is 0 Å². The molecule has 0 atom stereocenters. The Balaban J connectivity index is 1.53. The van der Waals surface area contributed by atoms with Crippen LogP contribution in [0.2, 0.25) is 5.02 Å². The molecule has 5 nitrogen and oxygen atoms in total. The van der Waals surface area contributed by atoms with Crippen molar-refractivity contribution in [3.8, 4) is 17.3 Å². The molecule has 158 valence electrons. The third kappa shape index (κ3) is 4.08. The number of aryl methyl sites for hydroxylation is 3. The number of aromatic nitrogens is 2. The van der Waals surface area contributed by atoms with E-state index in [0.717, 1.165) is 35.2 Å². The molecule has 0 radical (unpaired) electrons. The van der Waals surface area contributed by atoms with Gasteiger partial charge in [0, 0.05) is 24.2 Å². The molecule has 1 N–H and O–H groups in total. The summed E-state index contributed by atoms with van der Waals surface area (Å²) < 4.78 is 0. The smallest absolute Gasteiger partial charge is 0.254 e. The third-order valence-electron chi connectivity index (χ3n) is 6.22. The molecule has 2 aromatic carbocycles. The van der Waals surface area contributed by atoms with Crippen molar-refractivity contribution in [1.82, 2.24) is 15.1 Å². The van der Waals surface area contributed by atoms with Gasteiger partial charge in [0.1, 0.15) is 5.69 Å². The molecule has 0 bridgehead atoms. The lowest BCUT2D eigenvalue weighted by molar-refractivity contribution is 0.0712. The summed E-state index contributed by atoms with van der Waals surface area (Å²) in [4.78, 5) is 15.3. The van der Waals surface area contributed by atoms with Crippen LogP contribution in [0.3, 0.4) is 0 Å². The first-order chi connectivity index (χ1) is 14.9. The van der Waals surface area contributed by atoms with Gasteiger partial charge in [-0.3, -0.25) is 9.89 Å². The number of nitrogens with zero attached hydrogens (tertiary/aromatic N) is 3. The highest BCUT2D eigenvalue weighted by atomic mass is 35.5. The molecule has 31 heavy (non-hydrogen) atoms. The maximum absolute atomic E-state index is 13.4. The normalized spacial score (nSPS) is 14.5. The standard InChI is InChI=1S/C25H25ClN4O/c1-15-12-16(2)22(13-21(15)24-23(26)17(3)28-29-24)25(31)30-10-8-20(9-11-30)19-6-4-18(14-27)5-7-19/h4-7,12-13,20H,8-11H2,1-3H3,(H,28,29). The number of piperidine rings is 1. The van der Waals surface area contributed by atoms with E-state index in [-0.39, 0.29) is 5.91 Å². The van der Waals surface area contributed by atoms with E-state index in [4.69, 9.17) is 16.9 Å². The second kappa shape index (κ2) is 8.56. The summed E-state index contributed by atoms with van der Waals surface area (Å²) in [7, 11) is 0. The van der Waals surface area contributed by atoms with Gasteiger partial charge >= 0.3 is 0 Å². The van der Waals surface area contributed by atoms with E-state index in [9.17, 15) is 4.79 Å². The fraction of sp³-hybridized carbons (Fsp3) is 0.320. The molecule has 0 saturated carbocycles. The van der Waals surface area contributed by atoms with E-state index < -0.39 is 0 Å². The van der Waals surface area contributed by atoms with Gasteiger partial charge in [-0.1, -0.05) is 29.8 Å². The number of halogens is 1. The number of nitrogens with one attached hydrogen (secondary N) is 1. The minimum atomic E-state index is 0.0559. The van der Waals surface area contributed by atoms with Gasteiger partial charge in [-0.2, -0.15) is 10.4 Å². The average molecular weight is 433 g/mol. The minimum Gasteiger partial charge on any atom is -0.339 e. The van der Waals surface area contributed by atoms with Crippen LogP contribution in [-0.4, -0.2) is 34.1 Å². The van der Waals surface area contributed by atoms with Crippen LogP contribution in [0.4, 0.5) is 0 Å². The van der Waals surface area contributed by atoms with Gasteiger partial charge in [-0.05, 0) is 74.4 Å². The number of hydrogen-bond donors (Lipinski definition) is 1. The zero-order valence-corrected chi connectivity index (χ0v) is 18.8. The largest absolute Gasteiger partial charge is 0.339 e. The van der Waals surface area contributed by atoms with Gasteiger partial charge in [0.15, 0.2) is 0 Å². The molecular weight excluding hydrogens is 408 g/mol. The van der Waals surface area contributed by atoms with E-state index in [1.165, 1.54) is 5.56 Å². The van der Waals surface area contributed by atoms with E-state index in [2.05, 4.69) is 16.3 Å². The van der Waals surface area contributed by atoms with Crippen molar-refractivity contribution < 1.29 is 4.79 Å². The molecule has 3 aromatic rings. The highest BCUT2D eigenvalue weighted by Crippen LogP contribution is 2.33. The van der Waals surface area contributed by atoms with Crippen molar-refractivity contribution in [2.24, 2.45) is 0 Å². The van der Waals surface area contributed by atoms with Crippen LogP contribution < -0.4 is 0 Å². The third-order valence-corrected chi connectivity index (χ3v) is 6.69. The second-order valence-corrected chi connectivity index (χ2v) is 8.67. The summed E-state index contributed by atoms with van der Waals surface area (Å²) in [6.45, 7) is 7.31. The number of amides is 1. The van der Waals surface area contributed by atoms with Crippen LogP contribution >= 0.6 is 11.6 Å². The van der Waals surface area contributed by atoms with Gasteiger partial charge in [0.2, 0.25) is 0 Å². The number of hydrogen-bond acceptors (Lipinski definition) is 3. The van der Waals surface area contributed by atoms with Crippen LogP contribution in [0.5, 0.6) is 0 Å².